The number of carbonyl (C=O) groups is 2. The van der Waals surface area contributed by atoms with Crippen LogP contribution in [0.2, 0.25) is 0 Å². The molecule has 164 valence electrons. The van der Waals surface area contributed by atoms with E-state index in [2.05, 4.69) is 19.2 Å². The van der Waals surface area contributed by atoms with E-state index in [-0.39, 0.29) is 18.8 Å². The van der Waals surface area contributed by atoms with Gasteiger partial charge in [0.2, 0.25) is 0 Å². The highest BCUT2D eigenvalue weighted by molar-refractivity contribution is 5.95. The fourth-order valence-corrected chi connectivity index (χ4v) is 3.39. The van der Waals surface area contributed by atoms with Gasteiger partial charge in [-0.1, -0.05) is 38.1 Å². The number of nitrogens with zero attached hydrogens (tertiary/aromatic N) is 1. The van der Waals surface area contributed by atoms with Gasteiger partial charge in [-0.25, -0.2) is 14.0 Å². The number of nitrogens with one attached hydrogen (secondary N) is 1. The molecule has 0 bridgehead atoms. The smallest absolute Gasteiger partial charge is 0.338 e. The summed E-state index contributed by atoms with van der Waals surface area (Å²) in [5, 5.41) is 2.79. The molecule has 7 heteroatoms. The number of hydrogen-bond donors (Lipinski definition) is 1. The van der Waals surface area contributed by atoms with Gasteiger partial charge in [-0.05, 0) is 48.2 Å². The Morgan fingerprint density at radius 2 is 1.77 bits per heavy atom. The Kier molecular flexibility index (Phi) is 6.95. The molecule has 1 atom stereocenters. The first-order valence-electron chi connectivity index (χ1n) is 10.2. The van der Waals surface area contributed by atoms with Gasteiger partial charge in [-0.15, -0.1) is 0 Å². The predicted molar refractivity (Wildman–Crippen MR) is 115 cm³/mol. The molecule has 31 heavy (non-hydrogen) atoms. The van der Waals surface area contributed by atoms with Crippen molar-refractivity contribution in [2.45, 2.75) is 32.7 Å². The number of rotatable bonds is 7. The van der Waals surface area contributed by atoms with Crippen molar-refractivity contribution in [1.29, 1.82) is 0 Å². The molecule has 2 aromatic carbocycles. The number of esters is 1. The van der Waals surface area contributed by atoms with Crippen molar-refractivity contribution < 1.29 is 23.5 Å². The van der Waals surface area contributed by atoms with Crippen molar-refractivity contribution in [3.05, 3.63) is 76.7 Å². The Labute approximate surface area is 181 Å². The molecule has 2 aromatic rings. The molecule has 0 aromatic heterocycles. The SMILES string of the molecule is CCOC(=O)C1=C(COc2ccc(C(C)C)cc2)N(C)C(=O)N[C@@H]1c1ccc(F)cc1. The minimum Gasteiger partial charge on any atom is -0.487 e. The Morgan fingerprint density at radius 3 is 2.35 bits per heavy atom. The number of urea groups is 1. The summed E-state index contributed by atoms with van der Waals surface area (Å²) in [6.07, 6.45) is 0. The molecule has 2 amide bonds. The number of halogens is 1. The summed E-state index contributed by atoms with van der Waals surface area (Å²) in [6, 6.07) is 12.2. The Hall–Kier alpha value is -3.35. The van der Waals surface area contributed by atoms with Crippen molar-refractivity contribution >= 4 is 12.0 Å². The third-order valence-corrected chi connectivity index (χ3v) is 5.20. The molecule has 0 spiro atoms. The Morgan fingerprint density at radius 1 is 1.13 bits per heavy atom. The molecule has 0 fully saturated rings. The van der Waals surface area contributed by atoms with Crippen LogP contribution in [0.5, 0.6) is 5.75 Å². The van der Waals surface area contributed by atoms with Crippen LogP contribution >= 0.6 is 0 Å². The molecule has 1 N–H and O–H groups in total. The molecule has 0 unspecified atom stereocenters. The zero-order valence-corrected chi connectivity index (χ0v) is 18.1. The second kappa shape index (κ2) is 9.64. The van der Waals surface area contributed by atoms with Crippen LogP contribution in [0.1, 0.15) is 43.9 Å². The molecule has 1 aliphatic heterocycles. The lowest BCUT2D eigenvalue weighted by Gasteiger charge is -2.34. The summed E-state index contributed by atoms with van der Waals surface area (Å²) < 4.78 is 24.6. The summed E-state index contributed by atoms with van der Waals surface area (Å²) in [4.78, 5) is 26.8. The maximum Gasteiger partial charge on any atom is 0.338 e. The maximum atomic E-state index is 13.4. The Balaban J connectivity index is 1.97. The van der Waals surface area contributed by atoms with E-state index in [1.165, 1.54) is 34.7 Å². The van der Waals surface area contributed by atoms with Gasteiger partial charge in [0.15, 0.2) is 0 Å². The second-order valence-corrected chi connectivity index (χ2v) is 7.59. The average Bonchev–Trinajstić information content (AvgIpc) is 2.75. The predicted octanol–water partition coefficient (Wildman–Crippen LogP) is 4.54. The maximum absolute atomic E-state index is 13.4. The molecule has 0 saturated carbocycles. The van der Waals surface area contributed by atoms with Gasteiger partial charge in [-0.2, -0.15) is 0 Å². The van der Waals surface area contributed by atoms with E-state index < -0.39 is 23.9 Å². The molecular weight excluding hydrogens is 399 g/mol. The van der Waals surface area contributed by atoms with Gasteiger partial charge in [0.05, 0.1) is 23.9 Å². The average molecular weight is 426 g/mol. The van der Waals surface area contributed by atoms with Gasteiger partial charge in [0, 0.05) is 7.05 Å². The number of ether oxygens (including phenoxy) is 2. The molecule has 6 nitrogen and oxygen atoms in total. The van der Waals surface area contributed by atoms with Gasteiger partial charge >= 0.3 is 12.0 Å². The van der Waals surface area contributed by atoms with Crippen LogP contribution in [0.4, 0.5) is 9.18 Å². The number of benzene rings is 2. The van der Waals surface area contributed by atoms with Crippen LogP contribution in [0, 0.1) is 5.82 Å². The lowest BCUT2D eigenvalue weighted by atomic mass is 9.94. The minimum absolute atomic E-state index is 0.00319. The number of carbonyl (C=O) groups excluding carboxylic acids is 2. The third-order valence-electron chi connectivity index (χ3n) is 5.20. The third kappa shape index (κ3) is 5.05. The molecule has 1 aliphatic rings. The van der Waals surface area contributed by atoms with Crippen LogP contribution in [0.3, 0.4) is 0 Å². The Bertz CT molecular complexity index is 968. The first-order valence-corrected chi connectivity index (χ1v) is 10.2. The summed E-state index contributed by atoms with van der Waals surface area (Å²) in [5.41, 5.74) is 2.41. The van der Waals surface area contributed by atoms with E-state index in [1.54, 1.807) is 14.0 Å². The zero-order chi connectivity index (χ0) is 22.5. The van der Waals surface area contributed by atoms with Gasteiger partial charge in [-0.3, -0.25) is 4.90 Å². The van der Waals surface area contributed by atoms with Gasteiger partial charge < -0.3 is 14.8 Å². The second-order valence-electron chi connectivity index (χ2n) is 7.59. The summed E-state index contributed by atoms with van der Waals surface area (Å²) >= 11 is 0. The first-order chi connectivity index (χ1) is 14.8. The lowest BCUT2D eigenvalue weighted by Crippen LogP contribution is -2.48. The van der Waals surface area contributed by atoms with Crippen molar-refractivity contribution in [2.75, 3.05) is 20.3 Å². The lowest BCUT2D eigenvalue weighted by molar-refractivity contribution is -0.139. The zero-order valence-electron chi connectivity index (χ0n) is 18.1. The van der Waals surface area contributed by atoms with E-state index in [4.69, 9.17) is 9.47 Å². The summed E-state index contributed by atoms with van der Waals surface area (Å²) in [7, 11) is 1.57. The van der Waals surface area contributed by atoms with Crippen LogP contribution in [0.15, 0.2) is 59.8 Å². The first kappa shape index (κ1) is 22.3. The van der Waals surface area contributed by atoms with E-state index in [0.717, 1.165) is 0 Å². The van der Waals surface area contributed by atoms with Crippen LogP contribution in [-0.4, -0.2) is 37.2 Å². The van der Waals surface area contributed by atoms with E-state index >= 15 is 0 Å². The van der Waals surface area contributed by atoms with E-state index in [9.17, 15) is 14.0 Å². The highest BCUT2D eigenvalue weighted by Gasteiger charge is 2.37. The molecule has 1 heterocycles. The highest BCUT2D eigenvalue weighted by atomic mass is 19.1. The number of amides is 2. The molecule has 0 saturated heterocycles. The quantitative estimate of drug-likeness (QED) is 0.660. The fourth-order valence-electron chi connectivity index (χ4n) is 3.39. The van der Waals surface area contributed by atoms with Gasteiger partial charge in [0.25, 0.3) is 0 Å². The minimum atomic E-state index is -0.773. The van der Waals surface area contributed by atoms with Crippen molar-refractivity contribution in [3.63, 3.8) is 0 Å². The van der Waals surface area contributed by atoms with Crippen LogP contribution in [-0.2, 0) is 9.53 Å². The highest BCUT2D eigenvalue weighted by Crippen LogP contribution is 2.31. The fraction of sp³-hybridized carbons (Fsp3) is 0.333. The largest absolute Gasteiger partial charge is 0.487 e. The normalized spacial score (nSPS) is 16.4. The topological polar surface area (TPSA) is 67.9 Å². The molecule has 0 radical (unpaired) electrons. The standard InChI is InChI=1S/C24H27FN2O4/c1-5-30-23(28)21-20(14-31-19-12-8-16(9-13-19)15(2)3)27(4)24(29)26-22(21)17-6-10-18(25)11-7-17/h6-13,15,22H,5,14H2,1-4H3,(H,26,29)/t22-/m1/s1. The van der Waals surface area contributed by atoms with Crippen molar-refractivity contribution in [2.24, 2.45) is 0 Å². The van der Waals surface area contributed by atoms with Crippen LogP contribution < -0.4 is 10.1 Å². The molecular formula is C24H27FN2O4. The van der Waals surface area contributed by atoms with E-state index in [0.29, 0.717) is 22.9 Å². The van der Waals surface area contributed by atoms with Gasteiger partial charge in [0.1, 0.15) is 18.2 Å². The van der Waals surface area contributed by atoms with Crippen molar-refractivity contribution in [1.82, 2.24) is 10.2 Å². The molecule has 0 aliphatic carbocycles. The summed E-state index contributed by atoms with van der Waals surface area (Å²) in [6.45, 7) is 6.11. The van der Waals surface area contributed by atoms with Crippen LogP contribution in [0.25, 0.3) is 0 Å². The molecule has 3 rings (SSSR count). The van der Waals surface area contributed by atoms with Crippen molar-refractivity contribution in [3.8, 4) is 5.75 Å². The summed E-state index contributed by atoms with van der Waals surface area (Å²) in [5.74, 6) is 0.0603. The van der Waals surface area contributed by atoms with E-state index in [1.807, 2.05) is 24.3 Å². The number of likely N-dealkylation sites (N-methyl/N-ethyl adjacent to an activating group) is 1. The monoisotopic (exact) mass is 426 g/mol. The number of hydrogen-bond acceptors (Lipinski definition) is 4.